The van der Waals surface area contributed by atoms with E-state index in [1.165, 1.54) is 0 Å². The van der Waals surface area contributed by atoms with Crippen molar-refractivity contribution in [3.05, 3.63) is 0 Å². The Kier molecular flexibility index (Phi) is 6.29. The Morgan fingerprint density at radius 2 is 1.60 bits per heavy atom. The van der Waals surface area contributed by atoms with E-state index in [0.29, 0.717) is 38.7 Å². The fraction of sp³-hybridized carbons (Fsp3) is 0.875. The highest BCUT2D eigenvalue weighted by Crippen LogP contribution is 2.29. The fourth-order valence-electron chi connectivity index (χ4n) is 3.53. The van der Waals surface area contributed by atoms with Gasteiger partial charge in [0.1, 0.15) is 0 Å². The average molecular weight is 373 g/mol. The molecule has 9 heteroatoms. The van der Waals surface area contributed by atoms with Crippen LogP contribution in [0.25, 0.3) is 0 Å². The monoisotopic (exact) mass is 373 g/mol. The molecule has 1 aliphatic heterocycles. The van der Waals surface area contributed by atoms with Crippen molar-refractivity contribution in [3.8, 4) is 0 Å². The molecule has 0 bridgehead atoms. The van der Waals surface area contributed by atoms with Gasteiger partial charge in [0.15, 0.2) is 0 Å². The van der Waals surface area contributed by atoms with Crippen molar-refractivity contribution in [2.45, 2.75) is 44.6 Å². The van der Waals surface area contributed by atoms with Crippen molar-refractivity contribution in [1.82, 2.24) is 14.5 Å². The number of carbonyl (C=O) groups excluding carboxylic acids is 2. The standard InChI is InChI=1S/C16H27N3O5S/c20-15(13-3-5-14(6-4-13)17-25(22)23)18-7-9-19(10-8-18)16(21)24-11-12-1-2-12/h12-14,17H,1-11H2,(H,22,23). The van der Waals surface area contributed by atoms with Crippen LogP contribution >= 0.6 is 0 Å². The molecule has 0 radical (unpaired) electrons. The zero-order chi connectivity index (χ0) is 17.8. The number of carbonyl (C=O) groups is 2. The molecule has 1 unspecified atom stereocenters. The quantitative estimate of drug-likeness (QED) is 0.700. The number of nitrogens with zero attached hydrogens (tertiary/aromatic N) is 2. The van der Waals surface area contributed by atoms with Crippen LogP contribution in [0.15, 0.2) is 0 Å². The molecule has 2 amide bonds. The molecule has 142 valence electrons. The van der Waals surface area contributed by atoms with Crippen molar-refractivity contribution in [2.24, 2.45) is 11.8 Å². The molecule has 3 aliphatic rings. The molecule has 8 nitrogen and oxygen atoms in total. The van der Waals surface area contributed by atoms with E-state index in [2.05, 4.69) is 4.72 Å². The van der Waals surface area contributed by atoms with E-state index >= 15 is 0 Å². The molecule has 2 N–H and O–H groups in total. The summed E-state index contributed by atoms with van der Waals surface area (Å²) < 4.78 is 27.6. The zero-order valence-corrected chi connectivity index (χ0v) is 15.2. The van der Waals surface area contributed by atoms with Crippen molar-refractivity contribution >= 4 is 23.3 Å². The Balaban J connectivity index is 1.38. The van der Waals surface area contributed by atoms with Crippen molar-refractivity contribution in [2.75, 3.05) is 32.8 Å². The van der Waals surface area contributed by atoms with E-state index in [0.717, 1.165) is 38.5 Å². The van der Waals surface area contributed by atoms with Crippen LogP contribution in [-0.2, 0) is 20.8 Å². The molecule has 0 aromatic carbocycles. The molecular weight excluding hydrogens is 346 g/mol. The van der Waals surface area contributed by atoms with E-state index in [4.69, 9.17) is 9.29 Å². The lowest BCUT2D eigenvalue weighted by molar-refractivity contribution is -0.138. The number of ether oxygens (including phenoxy) is 1. The molecular formula is C16H27N3O5S. The third kappa shape index (κ3) is 5.39. The first-order chi connectivity index (χ1) is 12.0. The summed E-state index contributed by atoms with van der Waals surface area (Å²) in [7, 11) is 0. The minimum absolute atomic E-state index is 0.00738. The maximum atomic E-state index is 12.6. The lowest BCUT2D eigenvalue weighted by Gasteiger charge is -2.37. The summed E-state index contributed by atoms with van der Waals surface area (Å²) in [5.41, 5.74) is 0. The second kappa shape index (κ2) is 8.46. The summed E-state index contributed by atoms with van der Waals surface area (Å²) in [4.78, 5) is 28.1. The first kappa shape index (κ1) is 18.6. The maximum Gasteiger partial charge on any atom is 0.409 e. The van der Waals surface area contributed by atoms with Crippen molar-refractivity contribution in [1.29, 1.82) is 0 Å². The van der Waals surface area contributed by atoms with E-state index < -0.39 is 11.3 Å². The Bertz CT molecular complexity index is 512. The van der Waals surface area contributed by atoms with E-state index in [-0.39, 0.29) is 24.0 Å². The Labute approximate surface area is 150 Å². The van der Waals surface area contributed by atoms with Gasteiger partial charge in [-0.15, -0.1) is 0 Å². The minimum Gasteiger partial charge on any atom is -0.449 e. The van der Waals surface area contributed by atoms with Gasteiger partial charge in [-0.05, 0) is 44.4 Å². The summed E-state index contributed by atoms with van der Waals surface area (Å²) >= 11 is -1.99. The molecule has 0 spiro atoms. The smallest absolute Gasteiger partial charge is 0.409 e. The first-order valence-electron chi connectivity index (χ1n) is 9.10. The van der Waals surface area contributed by atoms with Gasteiger partial charge in [0.25, 0.3) is 0 Å². The van der Waals surface area contributed by atoms with Gasteiger partial charge in [0.2, 0.25) is 17.2 Å². The number of amides is 2. The SMILES string of the molecule is O=C(OCC1CC1)N1CCN(C(=O)C2CCC(NS(=O)O)CC2)CC1. The molecule has 1 atom stereocenters. The van der Waals surface area contributed by atoms with Gasteiger partial charge >= 0.3 is 6.09 Å². The number of rotatable bonds is 5. The van der Waals surface area contributed by atoms with Crippen molar-refractivity contribution < 1.29 is 23.1 Å². The highest BCUT2D eigenvalue weighted by molar-refractivity contribution is 7.77. The molecule has 25 heavy (non-hydrogen) atoms. The summed E-state index contributed by atoms with van der Waals surface area (Å²) in [5, 5.41) is 0. The van der Waals surface area contributed by atoms with Crippen LogP contribution in [0.1, 0.15) is 38.5 Å². The molecule has 1 saturated heterocycles. The fourth-order valence-corrected chi connectivity index (χ4v) is 4.05. The predicted molar refractivity (Wildman–Crippen MR) is 91.9 cm³/mol. The van der Waals surface area contributed by atoms with E-state index in [9.17, 15) is 13.8 Å². The highest BCUT2D eigenvalue weighted by atomic mass is 32.2. The average Bonchev–Trinajstić information content (AvgIpc) is 3.44. The van der Waals surface area contributed by atoms with E-state index in [1.54, 1.807) is 4.90 Å². The highest BCUT2D eigenvalue weighted by Gasteiger charge is 2.33. The lowest BCUT2D eigenvalue weighted by Crippen LogP contribution is -2.52. The third-order valence-electron chi connectivity index (χ3n) is 5.33. The largest absolute Gasteiger partial charge is 0.449 e. The second-order valence-electron chi connectivity index (χ2n) is 7.25. The summed E-state index contributed by atoms with van der Waals surface area (Å²) in [6, 6.07) is 0.00738. The second-order valence-corrected chi connectivity index (χ2v) is 7.98. The van der Waals surface area contributed by atoms with Crippen molar-refractivity contribution in [3.63, 3.8) is 0 Å². The minimum atomic E-state index is -1.99. The molecule has 2 aliphatic carbocycles. The molecule has 0 aromatic rings. The normalized spacial score (nSPS) is 28.5. The van der Waals surface area contributed by atoms with Gasteiger partial charge in [0.05, 0.1) is 6.61 Å². The van der Waals surface area contributed by atoms with Crippen LogP contribution in [0.5, 0.6) is 0 Å². The van der Waals surface area contributed by atoms with Crippen LogP contribution < -0.4 is 4.72 Å². The summed E-state index contributed by atoms with van der Waals surface area (Å²) in [6.45, 7) is 2.67. The maximum absolute atomic E-state index is 12.6. The van der Waals surface area contributed by atoms with Crippen LogP contribution in [0.4, 0.5) is 4.79 Å². The molecule has 3 fully saturated rings. The Morgan fingerprint density at radius 1 is 1.00 bits per heavy atom. The van der Waals surface area contributed by atoms with Gasteiger partial charge in [-0.3, -0.25) is 9.35 Å². The molecule has 1 heterocycles. The number of piperazine rings is 1. The van der Waals surface area contributed by atoms with Gasteiger partial charge in [0, 0.05) is 38.1 Å². The molecule has 2 saturated carbocycles. The van der Waals surface area contributed by atoms with Crippen LogP contribution in [0.2, 0.25) is 0 Å². The first-order valence-corrected chi connectivity index (χ1v) is 10.2. The number of hydrogen-bond donors (Lipinski definition) is 2. The summed E-state index contributed by atoms with van der Waals surface area (Å²) in [6.07, 6.45) is 4.98. The number of nitrogens with one attached hydrogen (secondary N) is 1. The van der Waals surface area contributed by atoms with Gasteiger partial charge < -0.3 is 14.5 Å². The van der Waals surface area contributed by atoms with Gasteiger partial charge in [-0.1, -0.05) is 0 Å². The lowest BCUT2D eigenvalue weighted by atomic mass is 9.85. The predicted octanol–water partition coefficient (Wildman–Crippen LogP) is 0.962. The van der Waals surface area contributed by atoms with Gasteiger partial charge in [-0.25, -0.2) is 13.7 Å². The van der Waals surface area contributed by atoms with Gasteiger partial charge in [-0.2, -0.15) is 0 Å². The zero-order valence-electron chi connectivity index (χ0n) is 14.4. The van der Waals surface area contributed by atoms with E-state index in [1.807, 2.05) is 4.90 Å². The van der Waals surface area contributed by atoms with Crippen LogP contribution in [0.3, 0.4) is 0 Å². The van der Waals surface area contributed by atoms with Crippen LogP contribution in [0, 0.1) is 11.8 Å². The molecule has 3 rings (SSSR count). The Morgan fingerprint density at radius 3 is 2.16 bits per heavy atom. The number of hydrogen-bond acceptors (Lipinski definition) is 4. The third-order valence-corrected chi connectivity index (χ3v) is 5.87. The summed E-state index contributed by atoms with van der Waals surface area (Å²) in [5.74, 6) is 0.688. The topological polar surface area (TPSA) is 99.2 Å². The molecule has 0 aromatic heterocycles. The van der Waals surface area contributed by atoms with Crippen LogP contribution in [-0.4, -0.2) is 69.4 Å². The Hall–Kier alpha value is -1.19.